The van der Waals surface area contributed by atoms with Gasteiger partial charge in [0.05, 0.1) is 6.20 Å². The van der Waals surface area contributed by atoms with Crippen molar-refractivity contribution in [3.8, 4) is 0 Å². The molecule has 0 atom stereocenters. The fourth-order valence-corrected chi connectivity index (χ4v) is 3.56. The Kier molecular flexibility index (Phi) is 5.38. The third-order valence-corrected chi connectivity index (χ3v) is 5.03. The van der Waals surface area contributed by atoms with Crippen LogP contribution in [0.1, 0.15) is 32.9 Å². The quantitative estimate of drug-likeness (QED) is 0.500. The second kappa shape index (κ2) is 8.27. The van der Waals surface area contributed by atoms with Crippen molar-refractivity contribution in [1.29, 1.82) is 0 Å². The number of nitrogens with zero attached hydrogens (tertiary/aromatic N) is 4. The van der Waals surface area contributed by atoms with Crippen LogP contribution in [0.2, 0.25) is 0 Å². The van der Waals surface area contributed by atoms with E-state index in [1.165, 1.54) is 5.56 Å². The van der Waals surface area contributed by atoms with E-state index in [0.717, 1.165) is 23.4 Å². The predicted octanol–water partition coefficient (Wildman–Crippen LogP) is 4.23. The van der Waals surface area contributed by atoms with Crippen LogP contribution in [0, 0.1) is 13.8 Å². The summed E-state index contributed by atoms with van der Waals surface area (Å²) in [4.78, 5) is 20.0. The summed E-state index contributed by atoms with van der Waals surface area (Å²) in [5.74, 6) is -0.0442. The van der Waals surface area contributed by atoms with Crippen LogP contribution in [0.4, 0.5) is 0 Å². The molecule has 2 heterocycles. The molecule has 2 aromatic heterocycles. The van der Waals surface area contributed by atoms with Crippen molar-refractivity contribution in [2.75, 3.05) is 6.54 Å². The van der Waals surface area contributed by atoms with Crippen molar-refractivity contribution in [3.05, 3.63) is 101 Å². The molecule has 0 radical (unpaired) electrons. The summed E-state index contributed by atoms with van der Waals surface area (Å²) >= 11 is 0. The summed E-state index contributed by atoms with van der Waals surface area (Å²) in [5.41, 5.74) is 5.31. The maximum absolute atomic E-state index is 13.5. The third-order valence-electron chi connectivity index (χ3n) is 5.03. The van der Waals surface area contributed by atoms with E-state index in [1.54, 1.807) is 10.7 Å². The minimum Gasteiger partial charge on any atom is -0.334 e. The van der Waals surface area contributed by atoms with E-state index in [-0.39, 0.29) is 5.91 Å². The standard InChI is InChI=1S/C24H24N4O/c1-18-15-19(2)28-23(26-18)22(16-25-28)24(29)27(17-21-11-7-4-8-12-21)14-13-20-9-5-3-6-10-20/h3-12,15-16H,13-14,17H2,1-2H3. The summed E-state index contributed by atoms with van der Waals surface area (Å²) in [6.45, 7) is 5.08. The first-order valence-electron chi connectivity index (χ1n) is 9.81. The highest BCUT2D eigenvalue weighted by molar-refractivity contribution is 5.99. The number of rotatable bonds is 6. The van der Waals surface area contributed by atoms with E-state index in [1.807, 2.05) is 73.3 Å². The molecule has 4 aromatic rings. The summed E-state index contributed by atoms with van der Waals surface area (Å²) in [5, 5.41) is 4.39. The Hall–Kier alpha value is -3.47. The van der Waals surface area contributed by atoms with E-state index in [0.29, 0.717) is 24.3 Å². The van der Waals surface area contributed by atoms with Gasteiger partial charge in [0.1, 0.15) is 5.56 Å². The fraction of sp³-hybridized carbons (Fsp3) is 0.208. The molecular weight excluding hydrogens is 360 g/mol. The third kappa shape index (κ3) is 4.19. The van der Waals surface area contributed by atoms with Crippen LogP contribution >= 0.6 is 0 Å². The zero-order valence-electron chi connectivity index (χ0n) is 16.7. The first kappa shape index (κ1) is 18.9. The predicted molar refractivity (Wildman–Crippen MR) is 114 cm³/mol. The Labute approximate surface area is 170 Å². The normalized spacial score (nSPS) is 11.0. The summed E-state index contributed by atoms with van der Waals surface area (Å²) in [6, 6.07) is 22.3. The number of amides is 1. The molecule has 0 unspecified atom stereocenters. The van der Waals surface area contributed by atoms with Gasteiger partial charge in [-0.05, 0) is 37.5 Å². The molecule has 0 aliphatic carbocycles. The number of benzene rings is 2. The Morgan fingerprint density at radius 3 is 2.31 bits per heavy atom. The molecule has 0 fully saturated rings. The van der Waals surface area contributed by atoms with Gasteiger partial charge in [-0.2, -0.15) is 5.10 Å². The fourth-order valence-electron chi connectivity index (χ4n) is 3.56. The molecule has 0 bridgehead atoms. The molecule has 0 saturated carbocycles. The first-order chi connectivity index (χ1) is 14.1. The smallest absolute Gasteiger partial charge is 0.259 e. The Morgan fingerprint density at radius 2 is 1.62 bits per heavy atom. The van der Waals surface area contributed by atoms with E-state index in [9.17, 15) is 4.79 Å². The van der Waals surface area contributed by atoms with Gasteiger partial charge >= 0.3 is 0 Å². The molecule has 0 spiro atoms. The molecule has 0 aliphatic heterocycles. The number of aryl methyl sites for hydroxylation is 2. The Balaban J connectivity index is 1.65. The average Bonchev–Trinajstić information content (AvgIpc) is 3.16. The van der Waals surface area contributed by atoms with Crippen molar-refractivity contribution >= 4 is 11.6 Å². The topological polar surface area (TPSA) is 50.5 Å². The maximum atomic E-state index is 13.5. The monoisotopic (exact) mass is 384 g/mol. The first-order valence-corrected chi connectivity index (χ1v) is 9.81. The lowest BCUT2D eigenvalue weighted by atomic mass is 10.1. The highest BCUT2D eigenvalue weighted by Gasteiger charge is 2.22. The number of aromatic nitrogens is 3. The number of fused-ring (bicyclic) bond motifs is 1. The number of carbonyl (C=O) groups is 1. The van der Waals surface area contributed by atoms with Crippen LogP contribution < -0.4 is 0 Å². The highest BCUT2D eigenvalue weighted by atomic mass is 16.2. The van der Waals surface area contributed by atoms with Gasteiger partial charge in [0.15, 0.2) is 5.65 Å². The van der Waals surface area contributed by atoms with E-state index in [2.05, 4.69) is 22.2 Å². The number of hydrogen-bond donors (Lipinski definition) is 0. The highest BCUT2D eigenvalue weighted by Crippen LogP contribution is 2.17. The molecule has 146 valence electrons. The van der Waals surface area contributed by atoms with Crippen molar-refractivity contribution in [2.24, 2.45) is 0 Å². The summed E-state index contributed by atoms with van der Waals surface area (Å²) in [7, 11) is 0. The van der Waals surface area contributed by atoms with Crippen LogP contribution in [0.15, 0.2) is 72.9 Å². The van der Waals surface area contributed by atoms with Crippen molar-refractivity contribution in [3.63, 3.8) is 0 Å². The zero-order valence-corrected chi connectivity index (χ0v) is 16.7. The Morgan fingerprint density at radius 1 is 0.966 bits per heavy atom. The summed E-state index contributed by atoms with van der Waals surface area (Å²) in [6.07, 6.45) is 2.43. The molecule has 1 amide bonds. The average molecular weight is 384 g/mol. The van der Waals surface area contributed by atoms with Gasteiger partial charge in [-0.1, -0.05) is 60.7 Å². The number of carbonyl (C=O) groups excluding carboxylic acids is 1. The zero-order chi connectivity index (χ0) is 20.2. The molecule has 2 aromatic carbocycles. The van der Waals surface area contributed by atoms with Gasteiger partial charge in [-0.15, -0.1) is 0 Å². The van der Waals surface area contributed by atoms with Crippen LogP contribution in [0.25, 0.3) is 5.65 Å². The molecule has 29 heavy (non-hydrogen) atoms. The van der Waals surface area contributed by atoms with Crippen LogP contribution in [-0.4, -0.2) is 31.9 Å². The van der Waals surface area contributed by atoms with E-state index >= 15 is 0 Å². The second-order valence-corrected chi connectivity index (χ2v) is 7.28. The largest absolute Gasteiger partial charge is 0.334 e. The van der Waals surface area contributed by atoms with Crippen LogP contribution in [0.3, 0.4) is 0 Å². The molecule has 5 heteroatoms. The molecule has 0 N–H and O–H groups in total. The van der Waals surface area contributed by atoms with Gasteiger partial charge < -0.3 is 4.90 Å². The number of hydrogen-bond acceptors (Lipinski definition) is 3. The van der Waals surface area contributed by atoms with Crippen molar-refractivity contribution in [2.45, 2.75) is 26.8 Å². The minimum absolute atomic E-state index is 0.0442. The lowest BCUT2D eigenvalue weighted by Crippen LogP contribution is -2.32. The minimum atomic E-state index is -0.0442. The van der Waals surface area contributed by atoms with E-state index < -0.39 is 0 Å². The van der Waals surface area contributed by atoms with Crippen molar-refractivity contribution in [1.82, 2.24) is 19.5 Å². The maximum Gasteiger partial charge on any atom is 0.259 e. The van der Waals surface area contributed by atoms with Gasteiger partial charge in [-0.3, -0.25) is 4.79 Å². The molecular formula is C24H24N4O. The lowest BCUT2D eigenvalue weighted by molar-refractivity contribution is 0.0747. The molecule has 0 aliphatic rings. The van der Waals surface area contributed by atoms with Crippen molar-refractivity contribution < 1.29 is 4.79 Å². The second-order valence-electron chi connectivity index (χ2n) is 7.28. The SMILES string of the molecule is Cc1cc(C)n2ncc(C(=O)N(CCc3ccccc3)Cc3ccccc3)c2n1. The molecule has 4 rings (SSSR count). The van der Waals surface area contributed by atoms with Crippen LogP contribution in [-0.2, 0) is 13.0 Å². The van der Waals surface area contributed by atoms with Gasteiger partial charge in [-0.25, -0.2) is 9.50 Å². The summed E-state index contributed by atoms with van der Waals surface area (Å²) < 4.78 is 1.73. The molecule has 5 nitrogen and oxygen atoms in total. The van der Waals surface area contributed by atoms with Crippen LogP contribution in [0.5, 0.6) is 0 Å². The van der Waals surface area contributed by atoms with E-state index in [4.69, 9.17) is 0 Å². The Bertz CT molecular complexity index is 1120. The van der Waals surface area contributed by atoms with Gasteiger partial charge in [0, 0.05) is 24.5 Å². The van der Waals surface area contributed by atoms with Gasteiger partial charge in [0.2, 0.25) is 0 Å². The molecule has 0 saturated heterocycles. The van der Waals surface area contributed by atoms with Gasteiger partial charge in [0.25, 0.3) is 5.91 Å². The lowest BCUT2D eigenvalue weighted by Gasteiger charge is -2.22.